The first kappa shape index (κ1) is 24.7. The van der Waals surface area contributed by atoms with E-state index in [9.17, 15) is 4.39 Å². The smallest absolute Gasteiger partial charge is 0.124 e. The normalized spacial score (nSPS) is 12.1. The Bertz CT molecular complexity index is 1280. The van der Waals surface area contributed by atoms with Crippen LogP contribution in [-0.4, -0.2) is 24.5 Å². The number of allylic oxidation sites excluding steroid dienone is 1. The third kappa shape index (κ3) is 5.80. The third-order valence-electron chi connectivity index (χ3n) is 6.03. The van der Waals surface area contributed by atoms with Crippen LogP contribution >= 0.6 is 22.9 Å². The van der Waals surface area contributed by atoms with Crippen LogP contribution in [0.5, 0.6) is 0 Å². The van der Waals surface area contributed by atoms with Crippen molar-refractivity contribution in [2.45, 2.75) is 39.7 Å². The van der Waals surface area contributed by atoms with E-state index in [1.165, 1.54) is 22.4 Å². The molecular formula is C29H32ClFN2S. The molecule has 0 spiro atoms. The van der Waals surface area contributed by atoms with Crippen molar-refractivity contribution < 1.29 is 4.39 Å². The lowest BCUT2D eigenvalue weighted by atomic mass is 10.1. The Kier molecular flexibility index (Phi) is 8.60. The predicted molar refractivity (Wildman–Crippen MR) is 147 cm³/mol. The maximum atomic E-state index is 13.9. The summed E-state index contributed by atoms with van der Waals surface area (Å²) in [6, 6.07) is 20.1. The molecule has 4 rings (SSSR count). The van der Waals surface area contributed by atoms with E-state index < -0.39 is 0 Å². The molecule has 0 unspecified atom stereocenters. The Labute approximate surface area is 211 Å². The number of nitrogens with zero attached hydrogens (tertiary/aromatic N) is 1. The molecule has 4 aromatic rings. The van der Waals surface area contributed by atoms with Crippen LogP contribution in [-0.2, 0) is 6.54 Å². The molecule has 1 aromatic heterocycles. The minimum Gasteiger partial charge on any atom is -0.366 e. The zero-order chi connectivity index (χ0) is 23.9. The molecule has 0 aliphatic carbocycles. The SMILES string of the molecule is CC/C=C(\c1sc2cc(F)ccc2c1Cl)N(CCCCNCC)Cc1ccc2ccccc2c1. The number of benzene rings is 3. The summed E-state index contributed by atoms with van der Waals surface area (Å²) >= 11 is 8.46. The summed E-state index contributed by atoms with van der Waals surface area (Å²) in [7, 11) is 0. The highest BCUT2D eigenvalue weighted by Gasteiger charge is 2.20. The van der Waals surface area contributed by atoms with Crippen molar-refractivity contribution in [1.29, 1.82) is 0 Å². The Morgan fingerprint density at radius 3 is 2.65 bits per heavy atom. The largest absolute Gasteiger partial charge is 0.366 e. The van der Waals surface area contributed by atoms with Gasteiger partial charge in [0.1, 0.15) is 5.82 Å². The van der Waals surface area contributed by atoms with Crippen molar-refractivity contribution in [3.63, 3.8) is 0 Å². The van der Waals surface area contributed by atoms with E-state index in [0.29, 0.717) is 0 Å². The van der Waals surface area contributed by atoms with Crippen molar-refractivity contribution in [1.82, 2.24) is 10.2 Å². The molecule has 0 atom stereocenters. The van der Waals surface area contributed by atoms with Gasteiger partial charge >= 0.3 is 0 Å². The fourth-order valence-electron chi connectivity index (χ4n) is 4.33. The summed E-state index contributed by atoms with van der Waals surface area (Å²) in [6.45, 7) is 8.05. The van der Waals surface area contributed by atoms with Gasteiger partial charge in [-0.3, -0.25) is 0 Å². The molecule has 0 aliphatic rings. The maximum Gasteiger partial charge on any atom is 0.124 e. The van der Waals surface area contributed by atoms with Crippen LogP contribution < -0.4 is 5.32 Å². The number of fused-ring (bicyclic) bond motifs is 2. The molecule has 0 saturated carbocycles. The highest BCUT2D eigenvalue weighted by atomic mass is 35.5. The molecule has 0 radical (unpaired) electrons. The summed E-state index contributed by atoms with van der Waals surface area (Å²) in [4.78, 5) is 3.48. The lowest BCUT2D eigenvalue weighted by molar-refractivity contribution is 0.376. The number of nitrogens with one attached hydrogen (secondary N) is 1. The first-order chi connectivity index (χ1) is 16.6. The monoisotopic (exact) mass is 494 g/mol. The van der Waals surface area contributed by atoms with Crippen LogP contribution in [0.15, 0.2) is 66.7 Å². The molecule has 0 bridgehead atoms. The number of halogens is 2. The fourth-order valence-corrected chi connectivity index (χ4v) is 5.96. The number of hydrogen-bond donors (Lipinski definition) is 1. The van der Waals surface area contributed by atoms with Gasteiger partial charge in [0.25, 0.3) is 0 Å². The molecule has 0 fully saturated rings. The molecule has 0 amide bonds. The van der Waals surface area contributed by atoms with Gasteiger partial charge in [-0.05, 0) is 73.0 Å². The number of thiophene rings is 1. The molecule has 2 nitrogen and oxygen atoms in total. The van der Waals surface area contributed by atoms with Gasteiger partial charge in [0.05, 0.1) is 15.6 Å². The molecule has 0 saturated heterocycles. The Balaban J connectivity index is 1.68. The van der Waals surface area contributed by atoms with Gasteiger partial charge < -0.3 is 10.2 Å². The van der Waals surface area contributed by atoms with Crippen LogP contribution in [0.2, 0.25) is 5.02 Å². The van der Waals surface area contributed by atoms with Crippen molar-refractivity contribution in [2.75, 3.05) is 19.6 Å². The minimum absolute atomic E-state index is 0.227. The lowest BCUT2D eigenvalue weighted by Crippen LogP contribution is -2.24. The van der Waals surface area contributed by atoms with E-state index in [2.05, 4.69) is 72.6 Å². The Hall–Kier alpha value is -2.40. The zero-order valence-electron chi connectivity index (χ0n) is 19.9. The second-order valence-corrected chi connectivity index (χ2v) is 9.98. The van der Waals surface area contributed by atoms with Crippen LogP contribution in [0.25, 0.3) is 26.6 Å². The molecule has 0 aliphatic heterocycles. The first-order valence-corrected chi connectivity index (χ1v) is 13.3. The molecule has 3 aromatic carbocycles. The predicted octanol–water partition coefficient (Wildman–Crippen LogP) is 8.49. The van der Waals surface area contributed by atoms with Gasteiger partial charge in [-0.25, -0.2) is 4.39 Å². The molecular weight excluding hydrogens is 463 g/mol. The van der Waals surface area contributed by atoms with E-state index in [4.69, 9.17) is 11.6 Å². The van der Waals surface area contributed by atoms with Crippen molar-refractivity contribution >= 4 is 49.5 Å². The second kappa shape index (κ2) is 11.8. The van der Waals surface area contributed by atoms with E-state index in [1.807, 2.05) is 0 Å². The maximum absolute atomic E-state index is 13.9. The highest BCUT2D eigenvalue weighted by Crippen LogP contribution is 2.41. The van der Waals surface area contributed by atoms with Gasteiger partial charge in [0.15, 0.2) is 0 Å². The fraction of sp³-hybridized carbons (Fsp3) is 0.310. The minimum atomic E-state index is -0.227. The highest BCUT2D eigenvalue weighted by molar-refractivity contribution is 7.20. The summed E-state index contributed by atoms with van der Waals surface area (Å²) in [5.74, 6) is -0.227. The molecule has 1 heterocycles. The van der Waals surface area contributed by atoms with Gasteiger partial charge in [-0.1, -0.05) is 67.9 Å². The average molecular weight is 495 g/mol. The summed E-state index contributed by atoms with van der Waals surface area (Å²) < 4.78 is 14.8. The first-order valence-electron chi connectivity index (χ1n) is 12.1. The zero-order valence-corrected chi connectivity index (χ0v) is 21.5. The lowest BCUT2D eigenvalue weighted by Gasteiger charge is -2.28. The van der Waals surface area contributed by atoms with Gasteiger partial charge in [0, 0.05) is 23.2 Å². The number of unbranched alkanes of at least 4 members (excludes halogenated alkanes) is 1. The van der Waals surface area contributed by atoms with Crippen LogP contribution in [0.1, 0.15) is 43.6 Å². The van der Waals surface area contributed by atoms with E-state index >= 15 is 0 Å². The van der Waals surface area contributed by atoms with Gasteiger partial charge in [-0.15, -0.1) is 11.3 Å². The molecule has 1 N–H and O–H groups in total. The van der Waals surface area contributed by atoms with E-state index in [1.54, 1.807) is 23.5 Å². The van der Waals surface area contributed by atoms with Crippen LogP contribution in [0.3, 0.4) is 0 Å². The Morgan fingerprint density at radius 1 is 1.03 bits per heavy atom. The summed E-state index contributed by atoms with van der Waals surface area (Å²) in [5, 5.41) is 7.57. The quantitative estimate of drug-likeness (QED) is 0.210. The second-order valence-electron chi connectivity index (χ2n) is 8.55. The van der Waals surface area contributed by atoms with Crippen LogP contribution in [0.4, 0.5) is 4.39 Å². The van der Waals surface area contributed by atoms with Gasteiger partial charge in [0.2, 0.25) is 0 Å². The number of hydrogen-bond acceptors (Lipinski definition) is 3. The summed E-state index contributed by atoms with van der Waals surface area (Å²) in [5.41, 5.74) is 2.42. The Morgan fingerprint density at radius 2 is 1.85 bits per heavy atom. The summed E-state index contributed by atoms with van der Waals surface area (Å²) in [6.07, 6.45) is 5.36. The van der Waals surface area contributed by atoms with Crippen molar-refractivity contribution in [3.05, 3.63) is 88.0 Å². The average Bonchev–Trinajstić information content (AvgIpc) is 3.16. The van der Waals surface area contributed by atoms with E-state index in [0.717, 1.165) is 71.1 Å². The topological polar surface area (TPSA) is 15.3 Å². The van der Waals surface area contributed by atoms with Crippen molar-refractivity contribution in [2.24, 2.45) is 0 Å². The van der Waals surface area contributed by atoms with E-state index in [-0.39, 0.29) is 5.82 Å². The van der Waals surface area contributed by atoms with Gasteiger partial charge in [-0.2, -0.15) is 0 Å². The standard InChI is InChI=1S/C29H32ClFN2S/c1-3-9-26(29-28(30)25-15-14-24(31)19-27(25)34-29)33(17-8-7-16-32-4-2)20-21-12-13-22-10-5-6-11-23(22)18-21/h5-6,9-15,18-19,32H,3-4,7-8,16-17,20H2,1-2H3/b26-9+. The molecule has 5 heteroatoms. The molecule has 178 valence electrons. The number of rotatable bonds is 11. The third-order valence-corrected chi connectivity index (χ3v) is 7.71. The van der Waals surface area contributed by atoms with Crippen LogP contribution in [0, 0.1) is 5.82 Å². The van der Waals surface area contributed by atoms with Crippen molar-refractivity contribution in [3.8, 4) is 0 Å². The molecule has 34 heavy (non-hydrogen) atoms.